The Balaban J connectivity index is 2.09. The SMILES string of the molecule is CC(C)n1cc(Cl)cc1C(=O)NCc1cc[nH]c1. The molecule has 0 saturated heterocycles. The zero-order valence-electron chi connectivity index (χ0n) is 10.4. The van der Waals surface area contributed by atoms with Crippen molar-refractivity contribution in [1.82, 2.24) is 14.9 Å². The van der Waals surface area contributed by atoms with Crippen LogP contribution in [-0.2, 0) is 6.54 Å². The summed E-state index contributed by atoms with van der Waals surface area (Å²) in [4.78, 5) is 15.0. The smallest absolute Gasteiger partial charge is 0.268 e. The molecule has 18 heavy (non-hydrogen) atoms. The largest absolute Gasteiger partial charge is 0.367 e. The third kappa shape index (κ3) is 2.76. The van der Waals surface area contributed by atoms with Crippen molar-refractivity contribution in [2.75, 3.05) is 0 Å². The number of nitrogens with one attached hydrogen (secondary N) is 2. The van der Waals surface area contributed by atoms with E-state index in [9.17, 15) is 4.79 Å². The lowest BCUT2D eigenvalue weighted by Crippen LogP contribution is -2.25. The molecular weight excluding hydrogens is 250 g/mol. The van der Waals surface area contributed by atoms with Crippen molar-refractivity contribution in [2.45, 2.75) is 26.4 Å². The van der Waals surface area contributed by atoms with Gasteiger partial charge in [0.2, 0.25) is 0 Å². The number of aromatic nitrogens is 2. The van der Waals surface area contributed by atoms with Gasteiger partial charge in [0.05, 0.1) is 5.02 Å². The van der Waals surface area contributed by atoms with Gasteiger partial charge in [0.1, 0.15) is 5.69 Å². The van der Waals surface area contributed by atoms with E-state index in [2.05, 4.69) is 10.3 Å². The number of rotatable bonds is 4. The number of nitrogens with zero attached hydrogens (tertiary/aromatic N) is 1. The minimum atomic E-state index is -0.114. The van der Waals surface area contributed by atoms with Gasteiger partial charge in [-0.3, -0.25) is 4.79 Å². The Labute approximate surface area is 111 Å². The Kier molecular flexibility index (Phi) is 3.77. The van der Waals surface area contributed by atoms with E-state index >= 15 is 0 Å². The first-order chi connectivity index (χ1) is 8.58. The second kappa shape index (κ2) is 5.31. The standard InChI is InChI=1S/C13H16ClN3O/c1-9(2)17-8-11(14)5-12(17)13(18)16-7-10-3-4-15-6-10/h3-6,8-9,15H,7H2,1-2H3,(H,16,18). The lowest BCUT2D eigenvalue weighted by molar-refractivity contribution is 0.0940. The normalized spacial score (nSPS) is 10.9. The number of H-pyrrole nitrogens is 1. The van der Waals surface area contributed by atoms with Gasteiger partial charge in [0, 0.05) is 31.2 Å². The van der Waals surface area contributed by atoms with Crippen LogP contribution in [0.3, 0.4) is 0 Å². The first-order valence-corrected chi connectivity index (χ1v) is 6.23. The van der Waals surface area contributed by atoms with Gasteiger partial charge in [-0.25, -0.2) is 0 Å². The van der Waals surface area contributed by atoms with E-state index in [1.807, 2.05) is 36.9 Å². The molecule has 0 radical (unpaired) electrons. The zero-order valence-corrected chi connectivity index (χ0v) is 11.2. The highest BCUT2D eigenvalue weighted by atomic mass is 35.5. The van der Waals surface area contributed by atoms with Gasteiger partial charge >= 0.3 is 0 Å². The van der Waals surface area contributed by atoms with Crippen LogP contribution < -0.4 is 5.32 Å². The summed E-state index contributed by atoms with van der Waals surface area (Å²) < 4.78 is 1.87. The maximum absolute atomic E-state index is 12.1. The number of aromatic amines is 1. The van der Waals surface area contributed by atoms with E-state index in [1.165, 1.54) is 0 Å². The van der Waals surface area contributed by atoms with Crippen LogP contribution in [0.15, 0.2) is 30.7 Å². The molecule has 0 aromatic carbocycles. The highest BCUT2D eigenvalue weighted by molar-refractivity contribution is 6.31. The van der Waals surface area contributed by atoms with E-state index in [4.69, 9.17) is 11.6 Å². The molecule has 96 valence electrons. The van der Waals surface area contributed by atoms with Crippen LogP contribution in [0.4, 0.5) is 0 Å². The predicted molar refractivity (Wildman–Crippen MR) is 71.8 cm³/mol. The Bertz CT molecular complexity index is 528. The van der Waals surface area contributed by atoms with E-state index in [0.717, 1.165) is 5.56 Å². The number of carbonyl (C=O) groups is 1. The summed E-state index contributed by atoms with van der Waals surface area (Å²) in [6.45, 7) is 4.53. The molecule has 0 unspecified atom stereocenters. The summed E-state index contributed by atoms with van der Waals surface area (Å²) in [6.07, 6.45) is 5.46. The topological polar surface area (TPSA) is 49.8 Å². The molecule has 0 spiro atoms. The van der Waals surface area contributed by atoms with Crippen LogP contribution in [0, 0.1) is 0 Å². The number of carbonyl (C=O) groups excluding carboxylic acids is 1. The van der Waals surface area contributed by atoms with Gasteiger partial charge in [-0.1, -0.05) is 11.6 Å². The van der Waals surface area contributed by atoms with E-state index in [0.29, 0.717) is 17.3 Å². The second-order valence-corrected chi connectivity index (χ2v) is 4.88. The summed E-state index contributed by atoms with van der Waals surface area (Å²) in [6, 6.07) is 3.81. The fourth-order valence-corrected chi connectivity index (χ4v) is 2.00. The van der Waals surface area contributed by atoms with Crippen molar-refractivity contribution in [3.8, 4) is 0 Å². The van der Waals surface area contributed by atoms with E-state index in [1.54, 1.807) is 12.3 Å². The summed E-state index contributed by atoms with van der Waals surface area (Å²) >= 11 is 5.95. The summed E-state index contributed by atoms with van der Waals surface area (Å²) in [5, 5.41) is 3.45. The van der Waals surface area contributed by atoms with Crippen molar-refractivity contribution in [3.05, 3.63) is 47.0 Å². The Morgan fingerprint density at radius 1 is 1.56 bits per heavy atom. The summed E-state index contributed by atoms with van der Waals surface area (Å²) in [5.74, 6) is -0.114. The fourth-order valence-electron chi connectivity index (χ4n) is 1.80. The minimum absolute atomic E-state index is 0.114. The quantitative estimate of drug-likeness (QED) is 0.877. The van der Waals surface area contributed by atoms with Crippen molar-refractivity contribution in [3.63, 3.8) is 0 Å². The first kappa shape index (κ1) is 12.8. The zero-order chi connectivity index (χ0) is 13.1. The number of hydrogen-bond acceptors (Lipinski definition) is 1. The highest BCUT2D eigenvalue weighted by Gasteiger charge is 2.14. The van der Waals surface area contributed by atoms with Gasteiger partial charge in [-0.15, -0.1) is 0 Å². The number of hydrogen-bond donors (Lipinski definition) is 2. The summed E-state index contributed by atoms with van der Waals surface area (Å²) in [7, 11) is 0. The number of amides is 1. The van der Waals surface area contributed by atoms with E-state index in [-0.39, 0.29) is 11.9 Å². The molecule has 1 amide bonds. The monoisotopic (exact) mass is 265 g/mol. The Hall–Kier alpha value is -1.68. The molecule has 0 aliphatic heterocycles. The molecule has 0 aliphatic rings. The van der Waals surface area contributed by atoms with Gasteiger partial charge in [0.15, 0.2) is 0 Å². The number of halogens is 1. The molecular formula is C13H16ClN3O. The van der Waals surface area contributed by atoms with Gasteiger partial charge < -0.3 is 14.9 Å². The average molecular weight is 266 g/mol. The van der Waals surface area contributed by atoms with Crippen LogP contribution >= 0.6 is 11.6 Å². The lowest BCUT2D eigenvalue weighted by Gasteiger charge is -2.12. The summed E-state index contributed by atoms with van der Waals surface area (Å²) in [5.41, 5.74) is 1.63. The van der Waals surface area contributed by atoms with Crippen LogP contribution in [0.2, 0.25) is 5.02 Å². The molecule has 0 aliphatic carbocycles. The highest BCUT2D eigenvalue weighted by Crippen LogP contribution is 2.18. The van der Waals surface area contributed by atoms with Crippen LogP contribution in [0.5, 0.6) is 0 Å². The third-order valence-corrected chi connectivity index (χ3v) is 2.93. The lowest BCUT2D eigenvalue weighted by atomic mass is 10.3. The molecule has 5 heteroatoms. The molecule has 2 rings (SSSR count). The molecule has 0 bridgehead atoms. The molecule has 2 N–H and O–H groups in total. The van der Waals surface area contributed by atoms with Gasteiger partial charge in [-0.05, 0) is 31.5 Å². The van der Waals surface area contributed by atoms with Crippen LogP contribution in [-0.4, -0.2) is 15.5 Å². The first-order valence-electron chi connectivity index (χ1n) is 5.85. The molecule has 2 aromatic rings. The Morgan fingerprint density at radius 3 is 2.94 bits per heavy atom. The molecule has 4 nitrogen and oxygen atoms in total. The van der Waals surface area contributed by atoms with E-state index < -0.39 is 0 Å². The van der Waals surface area contributed by atoms with Crippen molar-refractivity contribution in [2.24, 2.45) is 0 Å². The van der Waals surface area contributed by atoms with Crippen molar-refractivity contribution in [1.29, 1.82) is 0 Å². The fraction of sp³-hybridized carbons (Fsp3) is 0.308. The van der Waals surface area contributed by atoms with Crippen molar-refractivity contribution >= 4 is 17.5 Å². The third-order valence-electron chi connectivity index (χ3n) is 2.72. The molecule has 0 fully saturated rings. The van der Waals surface area contributed by atoms with Gasteiger partial charge in [0.25, 0.3) is 5.91 Å². The molecule has 0 atom stereocenters. The van der Waals surface area contributed by atoms with Gasteiger partial charge in [-0.2, -0.15) is 0 Å². The van der Waals surface area contributed by atoms with Crippen LogP contribution in [0.1, 0.15) is 35.9 Å². The predicted octanol–water partition coefficient (Wildman–Crippen LogP) is 2.98. The second-order valence-electron chi connectivity index (χ2n) is 4.45. The maximum atomic E-state index is 12.1. The minimum Gasteiger partial charge on any atom is -0.367 e. The Morgan fingerprint density at radius 2 is 2.33 bits per heavy atom. The average Bonchev–Trinajstić information content (AvgIpc) is 2.94. The maximum Gasteiger partial charge on any atom is 0.268 e. The van der Waals surface area contributed by atoms with Crippen molar-refractivity contribution < 1.29 is 4.79 Å². The molecule has 2 heterocycles. The van der Waals surface area contributed by atoms with Crippen LogP contribution in [0.25, 0.3) is 0 Å². The molecule has 0 saturated carbocycles. The molecule has 2 aromatic heterocycles.